The third-order valence-electron chi connectivity index (χ3n) is 4.42. The summed E-state index contributed by atoms with van der Waals surface area (Å²) in [6, 6.07) is 8.36. The molecule has 0 N–H and O–H groups in total. The molecule has 0 bridgehead atoms. The molecule has 1 aliphatic heterocycles. The van der Waals surface area contributed by atoms with Gasteiger partial charge in [0.25, 0.3) is 5.56 Å². The predicted molar refractivity (Wildman–Crippen MR) is 91.6 cm³/mol. The minimum absolute atomic E-state index is 0.138. The molecule has 3 heterocycles. The topological polar surface area (TPSA) is 34.9 Å². The SMILES string of the molecule is Cc1ccc(-c2csc3nc4n(c(=O)c23)CCCCC4)cc1. The van der Waals surface area contributed by atoms with Crippen molar-refractivity contribution in [2.45, 2.75) is 39.2 Å². The zero-order chi connectivity index (χ0) is 15.1. The smallest absolute Gasteiger partial charge is 0.262 e. The van der Waals surface area contributed by atoms with Crippen LogP contribution in [0.5, 0.6) is 0 Å². The highest BCUT2D eigenvalue weighted by atomic mass is 32.1. The molecule has 3 nitrogen and oxygen atoms in total. The number of aromatic nitrogens is 2. The average molecular weight is 310 g/mol. The van der Waals surface area contributed by atoms with Crippen molar-refractivity contribution >= 4 is 21.6 Å². The molecule has 0 saturated heterocycles. The quantitative estimate of drug-likeness (QED) is 0.676. The number of hydrogen-bond donors (Lipinski definition) is 0. The minimum Gasteiger partial charge on any atom is -0.296 e. The Labute approximate surface area is 133 Å². The molecule has 0 aliphatic carbocycles. The predicted octanol–water partition coefficient (Wildman–Crippen LogP) is 4.16. The molecule has 0 spiro atoms. The second-order valence-corrected chi connectivity index (χ2v) is 6.85. The van der Waals surface area contributed by atoms with Gasteiger partial charge in [-0.15, -0.1) is 11.3 Å². The Hall–Kier alpha value is -1.94. The summed E-state index contributed by atoms with van der Waals surface area (Å²) in [5, 5.41) is 2.86. The normalized spacial score (nSPS) is 14.8. The van der Waals surface area contributed by atoms with E-state index in [1.54, 1.807) is 11.3 Å². The van der Waals surface area contributed by atoms with E-state index < -0.39 is 0 Å². The first-order chi connectivity index (χ1) is 10.7. The fraction of sp³-hybridized carbons (Fsp3) is 0.333. The molecule has 0 atom stereocenters. The van der Waals surface area contributed by atoms with Crippen LogP contribution in [0.15, 0.2) is 34.4 Å². The van der Waals surface area contributed by atoms with Crippen LogP contribution in [0, 0.1) is 6.92 Å². The van der Waals surface area contributed by atoms with Crippen molar-refractivity contribution in [1.29, 1.82) is 0 Å². The van der Waals surface area contributed by atoms with Gasteiger partial charge < -0.3 is 0 Å². The molecule has 0 fully saturated rings. The van der Waals surface area contributed by atoms with Gasteiger partial charge in [0.2, 0.25) is 0 Å². The van der Waals surface area contributed by atoms with E-state index in [0.717, 1.165) is 53.0 Å². The third-order valence-corrected chi connectivity index (χ3v) is 5.29. The molecule has 2 aromatic heterocycles. The lowest BCUT2D eigenvalue weighted by atomic mass is 10.0. The molecule has 4 heteroatoms. The second-order valence-electron chi connectivity index (χ2n) is 5.99. The fourth-order valence-electron chi connectivity index (χ4n) is 3.16. The van der Waals surface area contributed by atoms with Gasteiger partial charge in [0.15, 0.2) is 0 Å². The van der Waals surface area contributed by atoms with Crippen LogP contribution in [0.3, 0.4) is 0 Å². The third kappa shape index (κ3) is 2.18. The lowest BCUT2D eigenvalue weighted by molar-refractivity contribution is 0.614. The van der Waals surface area contributed by atoms with Crippen molar-refractivity contribution in [2.75, 3.05) is 0 Å². The first kappa shape index (κ1) is 13.7. The Kier molecular flexibility index (Phi) is 3.34. The minimum atomic E-state index is 0.138. The van der Waals surface area contributed by atoms with Crippen LogP contribution in [0.25, 0.3) is 21.3 Å². The van der Waals surface area contributed by atoms with E-state index in [-0.39, 0.29) is 5.56 Å². The maximum Gasteiger partial charge on any atom is 0.262 e. The molecule has 0 saturated carbocycles. The van der Waals surface area contributed by atoms with Crippen molar-refractivity contribution < 1.29 is 0 Å². The Morgan fingerprint density at radius 2 is 1.95 bits per heavy atom. The molecular weight excluding hydrogens is 292 g/mol. The second kappa shape index (κ2) is 5.36. The van der Waals surface area contributed by atoms with Crippen molar-refractivity contribution in [2.24, 2.45) is 0 Å². The fourth-order valence-corrected chi connectivity index (χ4v) is 4.12. The van der Waals surface area contributed by atoms with Gasteiger partial charge in [0.05, 0.1) is 5.39 Å². The Bertz CT molecular complexity index is 890. The zero-order valence-electron chi connectivity index (χ0n) is 12.6. The molecule has 22 heavy (non-hydrogen) atoms. The number of fused-ring (bicyclic) bond motifs is 2. The van der Waals surface area contributed by atoms with E-state index >= 15 is 0 Å². The van der Waals surface area contributed by atoms with Crippen LogP contribution < -0.4 is 5.56 Å². The number of benzene rings is 1. The number of hydrogen-bond acceptors (Lipinski definition) is 3. The first-order valence-electron chi connectivity index (χ1n) is 7.82. The molecule has 3 aromatic rings. The van der Waals surface area contributed by atoms with Gasteiger partial charge in [-0.2, -0.15) is 0 Å². The monoisotopic (exact) mass is 310 g/mol. The molecule has 0 unspecified atom stereocenters. The van der Waals surface area contributed by atoms with Gasteiger partial charge in [-0.3, -0.25) is 9.36 Å². The summed E-state index contributed by atoms with van der Waals surface area (Å²) in [7, 11) is 0. The standard InChI is InChI=1S/C18H18N2OS/c1-12-6-8-13(9-7-12)14-11-22-17-16(14)18(21)20-10-4-2-3-5-15(20)19-17/h6-9,11H,2-5,10H2,1H3. The van der Waals surface area contributed by atoms with Crippen molar-refractivity contribution in [3.63, 3.8) is 0 Å². The largest absolute Gasteiger partial charge is 0.296 e. The highest BCUT2D eigenvalue weighted by molar-refractivity contribution is 7.17. The average Bonchev–Trinajstić information content (AvgIpc) is 2.79. The Morgan fingerprint density at radius 3 is 2.77 bits per heavy atom. The number of thiophene rings is 1. The van der Waals surface area contributed by atoms with Gasteiger partial charge in [0, 0.05) is 23.9 Å². The van der Waals surface area contributed by atoms with E-state index in [2.05, 4.69) is 36.6 Å². The van der Waals surface area contributed by atoms with Gasteiger partial charge in [-0.1, -0.05) is 36.2 Å². The van der Waals surface area contributed by atoms with Gasteiger partial charge in [0.1, 0.15) is 10.7 Å². The van der Waals surface area contributed by atoms with Crippen molar-refractivity contribution in [1.82, 2.24) is 9.55 Å². The molecular formula is C18H18N2OS. The lowest BCUT2D eigenvalue weighted by Gasteiger charge is -2.09. The summed E-state index contributed by atoms with van der Waals surface area (Å²) >= 11 is 1.58. The van der Waals surface area contributed by atoms with E-state index in [1.165, 1.54) is 12.0 Å². The van der Waals surface area contributed by atoms with E-state index in [9.17, 15) is 4.79 Å². The molecule has 1 aromatic carbocycles. The van der Waals surface area contributed by atoms with Gasteiger partial charge in [-0.25, -0.2) is 4.98 Å². The van der Waals surface area contributed by atoms with Crippen molar-refractivity contribution in [3.05, 3.63) is 51.4 Å². The summed E-state index contributed by atoms with van der Waals surface area (Å²) in [6.07, 6.45) is 4.31. The highest BCUT2D eigenvalue weighted by Crippen LogP contribution is 2.31. The molecule has 0 radical (unpaired) electrons. The lowest BCUT2D eigenvalue weighted by Crippen LogP contribution is -2.24. The van der Waals surface area contributed by atoms with Crippen LogP contribution in [0.1, 0.15) is 30.7 Å². The summed E-state index contributed by atoms with van der Waals surface area (Å²) in [5.41, 5.74) is 3.49. The summed E-state index contributed by atoms with van der Waals surface area (Å²) in [6.45, 7) is 2.88. The first-order valence-corrected chi connectivity index (χ1v) is 8.70. The van der Waals surface area contributed by atoms with Crippen LogP contribution >= 0.6 is 11.3 Å². The maximum absolute atomic E-state index is 13.0. The summed E-state index contributed by atoms with van der Waals surface area (Å²) in [4.78, 5) is 18.6. The molecule has 1 aliphatic rings. The Morgan fingerprint density at radius 1 is 1.14 bits per heavy atom. The van der Waals surface area contributed by atoms with Crippen molar-refractivity contribution in [3.8, 4) is 11.1 Å². The summed E-state index contributed by atoms with van der Waals surface area (Å²) in [5.74, 6) is 0.965. The number of nitrogens with zero attached hydrogens (tertiary/aromatic N) is 2. The van der Waals surface area contributed by atoms with Crippen LogP contribution in [-0.4, -0.2) is 9.55 Å². The Balaban J connectivity index is 1.97. The molecule has 0 amide bonds. The van der Waals surface area contributed by atoms with Gasteiger partial charge in [-0.05, 0) is 25.3 Å². The molecule has 4 rings (SSSR count). The van der Waals surface area contributed by atoms with Gasteiger partial charge >= 0.3 is 0 Å². The van der Waals surface area contributed by atoms with E-state index in [4.69, 9.17) is 4.98 Å². The number of aryl methyl sites for hydroxylation is 2. The molecule has 112 valence electrons. The zero-order valence-corrected chi connectivity index (χ0v) is 13.4. The highest BCUT2D eigenvalue weighted by Gasteiger charge is 2.18. The van der Waals surface area contributed by atoms with Crippen LogP contribution in [0.4, 0.5) is 0 Å². The van der Waals surface area contributed by atoms with Crippen LogP contribution in [-0.2, 0) is 13.0 Å². The van der Waals surface area contributed by atoms with Crippen LogP contribution in [0.2, 0.25) is 0 Å². The summed E-state index contributed by atoms with van der Waals surface area (Å²) < 4.78 is 1.90. The maximum atomic E-state index is 13.0. The number of rotatable bonds is 1. The van der Waals surface area contributed by atoms with E-state index in [1.807, 2.05) is 4.57 Å². The van der Waals surface area contributed by atoms with E-state index in [0.29, 0.717) is 0 Å².